The third kappa shape index (κ3) is 3.30. The minimum absolute atomic E-state index is 0.310. The van der Waals surface area contributed by atoms with Crippen molar-refractivity contribution in [2.75, 3.05) is 6.26 Å². The Labute approximate surface area is 86.1 Å². The molecule has 0 aliphatic carbocycles. The van der Waals surface area contributed by atoms with Crippen molar-refractivity contribution < 1.29 is 4.21 Å². The summed E-state index contributed by atoms with van der Waals surface area (Å²) in [5.74, 6) is 0.310. The van der Waals surface area contributed by atoms with Crippen LogP contribution < -0.4 is 4.72 Å². The van der Waals surface area contributed by atoms with Gasteiger partial charge >= 0.3 is 0 Å². The second kappa shape index (κ2) is 4.05. The van der Waals surface area contributed by atoms with Crippen LogP contribution in [-0.4, -0.2) is 15.4 Å². The number of rotatable bonds is 3. The number of nitrogens with zero attached hydrogens (tertiary/aromatic N) is 2. The van der Waals surface area contributed by atoms with E-state index in [9.17, 15) is 4.21 Å². The van der Waals surface area contributed by atoms with Gasteiger partial charge in [-0.05, 0) is 10.1 Å². The number of aromatic nitrogens is 1. The van der Waals surface area contributed by atoms with E-state index in [1.807, 2.05) is 0 Å². The van der Waals surface area contributed by atoms with Gasteiger partial charge in [0.05, 0.1) is 5.75 Å². The number of nitriles is 1. The number of halogens is 1. The molecular formula is C6H8ClN3OS2. The molecule has 1 N–H and O–H groups in total. The van der Waals surface area contributed by atoms with Gasteiger partial charge < -0.3 is 0 Å². The Bertz CT molecular complexity index is 383. The zero-order chi connectivity index (χ0) is 9.90. The molecule has 0 unspecified atom stereocenters. The van der Waals surface area contributed by atoms with E-state index in [2.05, 4.69) is 9.71 Å². The maximum Gasteiger partial charge on any atom is 0.187 e. The zero-order valence-electron chi connectivity index (χ0n) is 6.82. The summed E-state index contributed by atoms with van der Waals surface area (Å²) in [4.78, 5) is 4.63. The van der Waals surface area contributed by atoms with Crippen LogP contribution in [0.25, 0.3) is 0 Å². The molecule has 0 aromatic carbocycles. The van der Waals surface area contributed by atoms with Gasteiger partial charge in [-0.25, -0.2) is 4.98 Å². The molecule has 0 aliphatic rings. The molecule has 1 rings (SSSR count). The molecule has 0 amide bonds. The molecule has 1 aromatic rings. The summed E-state index contributed by atoms with van der Waals surface area (Å²) in [7, 11) is -2.60. The molecule has 0 bridgehead atoms. The predicted octanol–water partition coefficient (Wildman–Crippen LogP) is 0.929. The van der Waals surface area contributed by atoms with E-state index < -0.39 is 10.1 Å². The van der Waals surface area contributed by atoms with Gasteiger partial charge in [0.2, 0.25) is 0 Å². The first-order valence-corrected chi connectivity index (χ1v) is 6.90. The molecule has 7 heteroatoms. The van der Waals surface area contributed by atoms with Crippen LogP contribution in [0.1, 0.15) is 4.88 Å². The summed E-state index contributed by atoms with van der Waals surface area (Å²) >= 11 is 6.87. The highest BCUT2D eigenvalue weighted by atomic mass is 35.5. The summed E-state index contributed by atoms with van der Waals surface area (Å²) in [6.45, 7) is 0. The van der Waals surface area contributed by atoms with Crippen LogP contribution in [0, 0.1) is 11.5 Å². The monoisotopic (exact) mass is 237 g/mol. The van der Waals surface area contributed by atoms with E-state index in [-0.39, 0.29) is 0 Å². The maximum absolute atomic E-state index is 11.6. The highest BCUT2D eigenvalue weighted by Crippen LogP contribution is 2.20. The van der Waals surface area contributed by atoms with Crippen LogP contribution in [0.5, 0.6) is 0 Å². The van der Waals surface area contributed by atoms with Gasteiger partial charge in [0.25, 0.3) is 0 Å². The number of thiol groups is 1. The highest BCUT2D eigenvalue weighted by Gasteiger charge is 2.10. The molecule has 0 saturated carbocycles. The van der Waals surface area contributed by atoms with E-state index in [1.54, 1.807) is 12.4 Å². The Hall–Kier alpha value is -0.640. The van der Waals surface area contributed by atoms with E-state index in [0.717, 1.165) is 4.88 Å². The fourth-order valence-corrected chi connectivity index (χ4v) is 3.54. The smallest absolute Gasteiger partial charge is 0.187 e. The first kappa shape index (κ1) is 10.4. The second-order valence-electron chi connectivity index (χ2n) is 2.56. The van der Waals surface area contributed by atoms with Crippen LogP contribution in [-0.2, 0) is 15.9 Å². The minimum atomic E-state index is -2.60. The molecular weight excluding hydrogens is 230 g/mol. The summed E-state index contributed by atoms with van der Waals surface area (Å²) in [6, 6.07) is 0. The molecule has 72 valence electrons. The van der Waals surface area contributed by atoms with Crippen molar-refractivity contribution in [3.05, 3.63) is 15.5 Å². The Morgan fingerprint density at radius 3 is 3.08 bits per heavy atom. The van der Waals surface area contributed by atoms with Crippen molar-refractivity contribution in [1.29, 1.82) is 5.26 Å². The average Bonchev–Trinajstić information content (AvgIpc) is 2.34. The van der Waals surface area contributed by atoms with Gasteiger partial charge in [-0.15, -0.1) is 11.3 Å². The molecule has 0 fully saturated rings. The van der Waals surface area contributed by atoms with Crippen LogP contribution in [0.2, 0.25) is 4.47 Å². The molecule has 0 atom stereocenters. The molecule has 4 nitrogen and oxygen atoms in total. The minimum Gasteiger partial charge on any atom is -0.266 e. The zero-order valence-corrected chi connectivity index (χ0v) is 9.29. The number of hydrogen-bond acceptors (Lipinski definition) is 4. The third-order valence-corrected chi connectivity index (χ3v) is 4.12. The molecule has 0 spiro atoms. The van der Waals surface area contributed by atoms with E-state index in [1.165, 1.54) is 17.6 Å². The Morgan fingerprint density at radius 2 is 2.62 bits per heavy atom. The van der Waals surface area contributed by atoms with Crippen molar-refractivity contribution in [1.82, 2.24) is 9.71 Å². The maximum atomic E-state index is 11.6. The van der Waals surface area contributed by atoms with E-state index >= 15 is 0 Å². The van der Waals surface area contributed by atoms with Crippen LogP contribution in [0.3, 0.4) is 0 Å². The SMILES string of the molecule is C[SH](=O)(Cc1cnc(Cl)s1)NC#N. The van der Waals surface area contributed by atoms with Crippen LogP contribution in [0.15, 0.2) is 6.20 Å². The molecule has 13 heavy (non-hydrogen) atoms. The fraction of sp³-hybridized carbons (Fsp3) is 0.333. The Kier molecular flexibility index (Phi) is 3.25. The van der Waals surface area contributed by atoms with Gasteiger partial charge in [-0.3, -0.25) is 8.93 Å². The highest BCUT2D eigenvalue weighted by molar-refractivity contribution is 8.00. The first-order valence-electron chi connectivity index (χ1n) is 3.36. The average molecular weight is 238 g/mol. The van der Waals surface area contributed by atoms with Gasteiger partial charge in [-0.2, -0.15) is 5.26 Å². The van der Waals surface area contributed by atoms with E-state index in [4.69, 9.17) is 16.9 Å². The summed E-state index contributed by atoms with van der Waals surface area (Å²) < 4.78 is 14.3. The summed E-state index contributed by atoms with van der Waals surface area (Å²) in [5, 5.41) is 8.31. The van der Waals surface area contributed by atoms with Crippen molar-refractivity contribution in [2.45, 2.75) is 5.75 Å². The lowest BCUT2D eigenvalue weighted by Gasteiger charge is -2.14. The van der Waals surface area contributed by atoms with Crippen molar-refractivity contribution >= 4 is 33.1 Å². The standard InChI is InChI=1S/C6H8ClN3OS2/c1-13(11,10-4-8)3-5-2-9-6(7)12-5/h2,13H,3H2,1H3,(H,10,11). The van der Waals surface area contributed by atoms with Crippen LogP contribution >= 0.6 is 22.9 Å². The lowest BCUT2D eigenvalue weighted by Crippen LogP contribution is -2.26. The van der Waals surface area contributed by atoms with Gasteiger partial charge in [0.1, 0.15) is 0 Å². The largest absolute Gasteiger partial charge is 0.266 e. The lowest BCUT2D eigenvalue weighted by atomic mass is 10.6. The van der Waals surface area contributed by atoms with E-state index in [0.29, 0.717) is 10.2 Å². The Balaban J connectivity index is 2.70. The lowest BCUT2D eigenvalue weighted by molar-refractivity contribution is 0.670. The van der Waals surface area contributed by atoms with Gasteiger partial charge in [0, 0.05) is 17.3 Å². The molecule has 0 radical (unpaired) electrons. The number of nitrogens with one attached hydrogen (secondary N) is 1. The first-order chi connectivity index (χ1) is 6.03. The predicted molar refractivity (Wildman–Crippen MR) is 55.0 cm³/mol. The second-order valence-corrected chi connectivity index (χ2v) is 7.00. The third-order valence-electron chi connectivity index (χ3n) is 1.27. The Morgan fingerprint density at radius 1 is 1.92 bits per heavy atom. The number of hydrogen-bond donors (Lipinski definition) is 2. The fourth-order valence-electron chi connectivity index (χ4n) is 0.799. The summed E-state index contributed by atoms with van der Waals surface area (Å²) in [6.07, 6.45) is 4.76. The van der Waals surface area contributed by atoms with Gasteiger partial charge in [0.15, 0.2) is 10.7 Å². The van der Waals surface area contributed by atoms with Crippen LogP contribution in [0.4, 0.5) is 0 Å². The molecule has 0 aliphatic heterocycles. The van der Waals surface area contributed by atoms with Gasteiger partial charge in [-0.1, -0.05) is 11.6 Å². The molecule has 0 saturated heterocycles. The topological polar surface area (TPSA) is 65.8 Å². The van der Waals surface area contributed by atoms with Crippen molar-refractivity contribution in [2.24, 2.45) is 0 Å². The van der Waals surface area contributed by atoms with Crippen molar-refractivity contribution in [3.8, 4) is 6.19 Å². The molecule has 1 heterocycles. The summed E-state index contributed by atoms with van der Waals surface area (Å²) in [5.41, 5.74) is 0. The molecule has 1 aromatic heterocycles. The number of thiazole rings is 1. The normalized spacial score (nSPS) is 12.1. The quantitative estimate of drug-likeness (QED) is 0.467. The van der Waals surface area contributed by atoms with Crippen molar-refractivity contribution in [3.63, 3.8) is 0 Å².